The van der Waals surface area contributed by atoms with Crippen molar-refractivity contribution in [3.8, 4) is 0 Å². The molecular formula is C22H21N5O4. The minimum Gasteiger partial charge on any atom is -0.385 e. The molecule has 0 saturated carbocycles. The minimum atomic E-state index is -0.650. The molecule has 0 aliphatic rings. The summed E-state index contributed by atoms with van der Waals surface area (Å²) in [4.78, 5) is 42.5. The van der Waals surface area contributed by atoms with Gasteiger partial charge < -0.3 is 20.4 Å². The van der Waals surface area contributed by atoms with Gasteiger partial charge in [-0.3, -0.25) is 18.8 Å². The summed E-state index contributed by atoms with van der Waals surface area (Å²) in [7, 11) is 1.60. The van der Waals surface area contributed by atoms with Gasteiger partial charge >= 0.3 is 0 Å². The summed E-state index contributed by atoms with van der Waals surface area (Å²) >= 11 is 0. The molecule has 0 unspecified atom stereocenters. The van der Waals surface area contributed by atoms with Crippen molar-refractivity contribution in [3.63, 3.8) is 0 Å². The first-order chi connectivity index (χ1) is 15.0. The Balaban J connectivity index is 1.84. The highest BCUT2D eigenvalue weighted by Gasteiger charge is 2.21. The molecule has 9 heteroatoms. The SMILES string of the molecule is COCCCn1c(C(=O)Nc2ccccc2C(N)=O)cc2c(=O)n3ccccc3nc21. The van der Waals surface area contributed by atoms with Crippen LogP contribution in [0.15, 0.2) is 59.5 Å². The third-order valence-corrected chi connectivity index (χ3v) is 4.98. The second-order valence-electron chi connectivity index (χ2n) is 6.97. The van der Waals surface area contributed by atoms with Crippen molar-refractivity contribution in [2.24, 2.45) is 5.73 Å². The van der Waals surface area contributed by atoms with Gasteiger partial charge in [0.2, 0.25) is 0 Å². The molecular weight excluding hydrogens is 398 g/mol. The number of rotatable bonds is 7. The second kappa shape index (κ2) is 8.41. The van der Waals surface area contributed by atoms with Gasteiger partial charge in [-0.05, 0) is 36.8 Å². The van der Waals surface area contributed by atoms with Crippen molar-refractivity contribution < 1.29 is 14.3 Å². The molecule has 2 amide bonds. The topological polar surface area (TPSA) is 121 Å². The average Bonchev–Trinajstić information content (AvgIpc) is 3.13. The van der Waals surface area contributed by atoms with E-state index in [1.54, 1.807) is 54.3 Å². The van der Waals surface area contributed by atoms with E-state index in [0.29, 0.717) is 41.9 Å². The van der Waals surface area contributed by atoms with Crippen molar-refractivity contribution in [3.05, 3.63) is 76.3 Å². The van der Waals surface area contributed by atoms with Gasteiger partial charge in [0.15, 0.2) is 0 Å². The van der Waals surface area contributed by atoms with Crippen molar-refractivity contribution in [2.45, 2.75) is 13.0 Å². The zero-order chi connectivity index (χ0) is 22.0. The fraction of sp³-hybridized carbons (Fsp3) is 0.182. The number of carbonyl (C=O) groups is 2. The molecule has 0 spiro atoms. The van der Waals surface area contributed by atoms with Gasteiger partial charge in [0.25, 0.3) is 17.4 Å². The standard InChI is InChI=1S/C22H21N5O4/c1-31-12-6-11-26-17(21(29)24-16-8-3-2-7-14(16)19(23)28)13-15-20(26)25-18-9-4-5-10-27(18)22(15)30/h2-5,7-10,13H,6,11-12H2,1H3,(H2,23,28)(H,24,29). The molecule has 0 fully saturated rings. The van der Waals surface area contributed by atoms with Crippen molar-refractivity contribution in [2.75, 3.05) is 19.0 Å². The Labute approximate surface area is 177 Å². The number of ether oxygens (including phenoxy) is 1. The molecule has 3 heterocycles. The predicted molar refractivity (Wildman–Crippen MR) is 116 cm³/mol. The number of aryl methyl sites for hydroxylation is 1. The normalized spacial score (nSPS) is 11.1. The molecule has 0 atom stereocenters. The molecule has 9 nitrogen and oxygen atoms in total. The molecule has 0 aliphatic heterocycles. The quantitative estimate of drug-likeness (QED) is 0.444. The second-order valence-corrected chi connectivity index (χ2v) is 6.97. The number of primary amides is 1. The summed E-state index contributed by atoms with van der Waals surface area (Å²) in [5, 5.41) is 3.06. The van der Waals surface area contributed by atoms with E-state index in [1.165, 1.54) is 16.5 Å². The smallest absolute Gasteiger partial charge is 0.272 e. The number of methoxy groups -OCH3 is 1. The number of pyridine rings is 1. The van der Waals surface area contributed by atoms with Gasteiger partial charge in [-0.25, -0.2) is 4.98 Å². The van der Waals surface area contributed by atoms with Gasteiger partial charge in [0.1, 0.15) is 17.0 Å². The van der Waals surface area contributed by atoms with Crippen LogP contribution < -0.4 is 16.6 Å². The van der Waals surface area contributed by atoms with Gasteiger partial charge in [-0.2, -0.15) is 0 Å². The molecule has 0 aliphatic carbocycles. The van der Waals surface area contributed by atoms with Crippen molar-refractivity contribution >= 4 is 34.2 Å². The lowest BCUT2D eigenvalue weighted by Crippen LogP contribution is -2.21. The van der Waals surface area contributed by atoms with E-state index in [4.69, 9.17) is 10.5 Å². The zero-order valence-corrected chi connectivity index (χ0v) is 16.9. The molecule has 0 bridgehead atoms. The number of nitrogens with two attached hydrogens (primary N) is 1. The van der Waals surface area contributed by atoms with E-state index in [9.17, 15) is 14.4 Å². The van der Waals surface area contributed by atoms with Crippen molar-refractivity contribution in [1.82, 2.24) is 14.0 Å². The minimum absolute atomic E-state index is 0.196. The van der Waals surface area contributed by atoms with Crippen LogP contribution in [0.4, 0.5) is 5.69 Å². The predicted octanol–water partition coefficient (Wildman–Crippen LogP) is 2.04. The molecule has 158 valence electrons. The van der Waals surface area contributed by atoms with E-state index < -0.39 is 11.8 Å². The number of aromatic nitrogens is 3. The van der Waals surface area contributed by atoms with E-state index in [0.717, 1.165) is 0 Å². The third-order valence-electron chi connectivity index (χ3n) is 4.98. The summed E-state index contributed by atoms with van der Waals surface area (Å²) in [6.07, 6.45) is 2.25. The number of anilines is 1. The highest BCUT2D eigenvalue weighted by molar-refractivity contribution is 6.09. The number of hydrogen-bond acceptors (Lipinski definition) is 5. The van der Waals surface area contributed by atoms with E-state index in [2.05, 4.69) is 10.3 Å². The highest BCUT2D eigenvalue weighted by atomic mass is 16.5. The summed E-state index contributed by atoms with van der Waals surface area (Å²) in [5.41, 5.74) is 6.80. The molecule has 31 heavy (non-hydrogen) atoms. The number of para-hydroxylation sites is 1. The first kappa shape index (κ1) is 20.3. The Bertz CT molecular complexity index is 1360. The Morgan fingerprint density at radius 2 is 1.94 bits per heavy atom. The largest absolute Gasteiger partial charge is 0.385 e. The number of carbonyl (C=O) groups excluding carboxylic acids is 2. The molecule has 0 saturated heterocycles. The Morgan fingerprint density at radius 3 is 2.71 bits per heavy atom. The molecule has 4 aromatic rings. The Hall–Kier alpha value is -3.98. The lowest BCUT2D eigenvalue weighted by molar-refractivity contribution is 0.100. The Morgan fingerprint density at radius 1 is 1.16 bits per heavy atom. The van der Waals surface area contributed by atoms with Gasteiger partial charge in [0, 0.05) is 26.5 Å². The first-order valence-corrected chi connectivity index (χ1v) is 9.71. The van der Waals surface area contributed by atoms with Crippen LogP contribution in [-0.2, 0) is 11.3 Å². The van der Waals surface area contributed by atoms with E-state index in [1.807, 2.05) is 0 Å². The maximum atomic E-state index is 13.2. The molecule has 3 N–H and O–H groups in total. The Kier molecular flexibility index (Phi) is 5.50. The van der Waals surface area contributed by atoms with E-state index >= 15 is 0 Å². The van der Waals surface area contributed by atoms with Crippen LogP contribution >= 0.6 is 0 Å². The number of hydrogen-bond donors (Lipinski definition) is 2. The van der Waals surface area contributed by atoms with Crippen LogP contribution in [0.2, 0.25) is 0 Å². The van der Waals surface area contributed by atoms with Gasteiger partial charge in [-0.1, -0.05) is 18.2 Å². The third kappa shape index (κ3) is 3.78. The van der Waals surface area contributed by atoms with Crippen molar-refractivity contribution in [1.29, 1.82) is 0 Å². The molecule has 0 radical (unpaired) electrons. The first-order valence-electron chi connectivity index (χ1n) is 9.71. The zero-order valence-electron chi connectivity index (χ0n) is 16.9. The monoisotopic (exact) mass is 419 g/mol. The number of nitrogens with zero attached hydrogens (tertiary/aromatic N) is 3. The van der Waals surface area contributed by atoms with Gasteiger partial charge in [0.05, 0.1) is 16.6 Å². The van der Waals surface area contributed by atoms with Gasteiger partial charge in [-0.15, -0.1) is 0 Å². The number of fused-ring (bicyclic) bond motifs is 2. The lowest BCUT2D eigenvalue weighted by atomic mass is 10.1. The van der Waals surface area contributed by atoms with Crippen LogP contribution in [0, 0.1) is 0 Å². The van der Waals surface area contributed by atoms with Crippen LogP contribution in [0.1, 0.15) is 27.3 Å². The highest BCUT2D eigenvalue weighted by Crippen LogP contribution is 2.20. The molecule has 1 aromatic carbocycles. The van der Waals surface area contributed by atoms with Crippen LogP contribution in [0.25, 0.3) is 16.7 Å². The number of amides is 2. The lowest BCUT2D eigenvalue weighted by Gasteiger charge is -2.12. The summed E-state index contributed by atoms with van der Waals surface area (Å²) in [6.45, 7) is 0.908. The average molecular weight is 419 g/mol. The summed E-state index contributed by atoms with van der Waals surface area (Å²) in [6, 6.07) is 13.3. The maximum absolute atomic E-state index is 13.2. The van der Waals surface area contributed by atoms with Crippen LogP contribution in [-0.4, -0.2) is 39.5 Å². The summed E-state index contributed by atoms with van der Waals surface area (Å²) < 4.78 is 8.27. The van der Waals surface area contributed by atoms with Crippen LogP contribution in [0.5, 0.6) is 0 Å². The fourth-order valence-corrected chi connectivity index (χ4v) is 3.53. The maximum Gasteiger partial charge on any atom is 0.272 e. The number of benzene rings is 1. The number of nitrogens with one attached hydrogen (secondary N) is 1. The summed E-state index contributed by atoms with van der Waals surface area (Å²) in [5.74, 6) is -1.12. The van der Waals surface area contributed by atoms with E-state index in [-0.39, 0.29) is 16.8 Å². The van der Waals surface area contributed by atoms with Crippen LogP contribution in [0.3, 0.4) is 0 Å². The molecule has 4 rings (SSSR count). The fourth-order valence-electron chi connectivity index (χ4n) is 3.53. The molecule has 3 aromatic heterocycles.